The fourth-order valence-electron chi connectivity index (χ4n) is 1.33. The summed E-state index contributed by atoms with van der Waals surface area (Å²) in [6.45, 7) is 1.69. The van der Waals surface area contributed by atoms with Gasteiger partial charge in [0.15, 0.2) is 0 Å². The Morgan fingerprint density at radius 2 is 2.26 bits per heavy atom. The first-order valence-electron chi connectivity index (χ1n) is 5.06. The van der Waals surface area contributed by atoms with Gasteiger partial charge in [0.1, 0.15) is 5.75 Å². The van der Waals surface area contributed by atoms with E-state index in [0.717, 1.165) is 17.6 Å². The van der Waals surface area contributed by atoms with Crippen molar-refractivity contribution < 1.29 is 14.5 Å². The smallest absolute Gasteiger partial charge is 0.346 e. The second-order valence-electron chi connectivity index (χ2n) is 3.57. The SMILES string of the molecule is Cc1nscc1C(=O)Oc1ccc([N+](=O)[O-])cc1Cl. The molecule has 1 heterocycles. The van der Waals surface area contributed by atoms with Crippen molar-refractivity contribution in [3.8, 4) is 5.75 Å². The van der Waals surface area contributed by atoms with Crippen LogP contribution in [0.1, 0.15) is 16.1 Å². The van der Waals surface area contributed by atoms with E-state index in [-0.39, 0.29) is 16.5 Å². The Morgan fingerprint density at radius 1 is 1.53 bits per heavy atom. The highest BCUT2D eigenvalue weighted by Gasteiger charge is 2.17. The number of nitrogens with zero attached hydrogens (tertiary/aromatic N) is 2. The van der Waals surface area contributed by atoms with Gasteiger partial charge in [-0.3, -0.25) is 10.1 Å². The maximum Gasteiger partial charge on any atom is 0.346 e. The molecular formula is C11H7ClN2O4S. The van der Waals surface area contributed by atoms with Gasteiger partial charge < -0.3 is 4.74 Å². The zero-order chi connectivity index (χ0) is 14.0. The minimum atomic E-state index is -0.595. The monoisotopic (exact) mass is 298 g/mol. The van der Waals surface area contributed by atoms with Crippen LogP contribution in [0.5, 0.6) is 5.75 Å². The average Bonchev–Trinajstić information content (AvgIpc) is 2.77. The van der Waals surface area contributed by atoms with Crippen molar-refractivity contribution in [2.24, 2.45) is 0 Å². The molecule has 0 unspecified atom stereocenters. The third-order valence-electron chi connectivity index (χ3n) is 2.30. The van der Waals surface area contributed by atoms with E-state index in [1.165, 1.54) is 12.1 Å². The van der Waals surface area contributed by atoms with Crippen molar-refractivity contribution in [3.63, 3.8) is 0 Å². The van der Waals surface area contributed by atoms with Crippen LogP contribution in [0.4, 0.5) is 5.69 Å². The Hall–Kier alpha value is -1.99. The molecule has 98 valence electrons. The molecule has 0 aliphatic rings. The molecule has 8 heteroatoms. The summed E-state index contributed by atoms with van der Waals surface area (Å²) in [5.41, 5.74) is 0.741. The number of ether oxygens (including phenoxy) is 1. The second-order valence-corrected chi connectivity index (χ2v) is 4.61. The topological polar surface area (TPSA) is 82.3 Å². The molecule has 0 bridgehead atoms. The number of esters is 1. The molecule has 0 atom stereocenters. The lowest BCUT2D eigenvalue weighted by molar-refractivity contribution is -0.384. The molecule has 2 rings (SSSR count). The standard InChI is InChI=1S/C11H7ClN2O4S/c1-6-8(5-19-13-6)11(15)18-10-3-2-7(14(16)17)4-9(10)12/h2-5H,1H3. The lowest BCUT2D eigenvalue weighted by Gasteiger charge is -2.05. The molecule has 19 heavy (non-hydrogen) atoms. The van der Waals surface area contributed by atoms with Crippen molar-refractivity contribution in [3.05, 3.63) is 50.0 Å². The van der Waals surface area contributed by atoms with Gasteiger partial charge in [-0.1, -0.05) is 11.6 Å². The van der Waals surface area contributed by atoms with E-state index in [2.05, 4.69) is 4.37 Å². The lowest BCUT2D eigenvalue weighted by Crippen LogP contribution is -2.09. The van der Waals surface area contributed by atoms with E-state index in [1.54, 1.807) is 12.3 Å². The average molecular weight is 299 g/mol. The van der Waals surface area contributed by atoms with Gasteiger partial charge in [0.05, 0.1) is 21.2 Å². The number of aromatic nitrogens is 1. The van der Waals surface area contributed by atoms with Crippen molar-refractivity contribution >= 4 is 34.8 Å². The number of carbonyl (C=O) groups is 1. The van der Waals surface area contributed by atoms with E-state index in [9.17, 15) is 14.9 Å². The predicted molar refractivity (Wildman–Crippen MR) is 69.9 cm³/mol. The summed E-state index contributed by atoms with van der Waals surface area (Å²) < 4.78 is 9.04. The number of nitro benzene ring substituents is 1. The normalized spacial score (nSPS) is 10.2. The number of rotatable bonds is 3. The third kappa shape index (κ3) is 2.88. The molecule has 0 radical (unpaired) electrons. The highest BCUT2D eigenvalue weighted by molar-refractivity contribution is 7.03. The number of nitro groups is 1. The number of hydrogen-bond donors (Lipinski definition) is 0. The molecule has 0 N–H and O–H groups in total. The van der Waals surface area contributed by atoms with E-state index in [4.69, 9.17) is 16.3 Å². The van der Waals surface area contributed by atoms with Crippen LogP contribution < -0.4 is 4.74 Å². The summed E-state index contributed by atoms with van der Waals surface area (Å²) in [6, 6.07) is 3.63. The molecule has 0 saturated carbocycles. The molecule has 2 aromatic rings. The molecule has 0 aliphatic carbocycles. The molecule has 0 aliphatic heterocycles. The van der Waals surface area contributed by atoms with Gasteiger partial charge >= 0.3 is 5.97 Å². The van der Waals surface area contributed by atoms with Crippen LogP contribution in [0.3, 0.4) is 0 Å². The molecule has 0 fully saturated rings. The molecule has 0 saturated heterocycles. The molecule has 0 spiro atoms. The first-order valence-corrected chi connectivity index (χ1v) is 6.27. The Kier molecular flexibility index (Phi) is 3.77. The van der Waals surface area contributed by atoms with Crippen molar-refractivity contribution in [1.82, 2.24) is 4.37 Å². The summed E-state index contributed by atoms with van der Waals surface area (Å²) in [5, 5.41) is 12.1. The van der Waals surface area contributed by atoms with Crippen LogP contribution in [0, 0.1) is 17.0 Å². The minimum absolute atomic E-state index is 0.00314. The number of benzene rings is 1. The van der Waals surface area contributed by atoms with Gasteiger partial charge in [0.2, 0.25) is 0 Å². The van der Waals surface area contributed by atoms with Gasteiger partial charge in [-0.15, -0.1) is 0 Å². The highest BCUT2D eigenvalue weighted by atomic mass is 35.5. The Bertz CT molecular complexity index is 656. The van der Waals surface area contributed by atoms with E-state index in [1.807, 2.05) is 0 Å². The molecule has 1 aromatic carbocycles. The zero-order valence-electron chi connectivity index (χ0n) is 9.62. The first kappa shape index (κ1) is 13.4. The number of carbonyl (C=O) groups excluding carboxylic acids is 1. The zero-order valence-corrected chi connectivity index (χ0v) is 11.2. The van der Waals surface area contributed by atoms with Crippen LogP contribution in [0.15, 0.2) is 23.6 Å². The fraction of sp³-hybridized carbons (Fsp3) is 0.0909. The van der Waals surface area contributed by atoms with Gasteiger partial charge in [0, 0.05) is 17.5 Å². The molecule has 0 amide bonds. The van der Waals surface area contributed by atoms with Crippen molar-refractivity contribution in [2.45, 2.75) is 6.92 Å². The third-order valence-corrected chi connectivity index (χ3v) is 3.31. The lowest BCUT2D eigenvalue weighted by atomic mass is 10.2. The number of non-ortho nitro benzene ring substituents is 1. The van der Waals surface area contributed by atoms with E-state index < -0.39 is 10.9 Å². The fourth-order valence-corrected chi connectivity index (χ4v) is 2.22. The predicted octanol–water partition coefficient (Wildman–Crippen LogP) is 3.23. The number of hydrogen-bond acceptors (Lipinski definition) is 6. The van der Waals surface area contributed by atoms with Gasteiger partial charge in [-0.05, 0) is 24.5 Å². The number of aryl methyl sites for hydroxylation is 1. The summed E-state index contributed by atoms with van der Waals surface area (Å²) >= 11 is 6.97. The maximum absolute atomic E-state index is 11.8. The molecular weight excluding hydrogens is 292 g/mol. The highest BCUT2D eigenvalue weighted by Crippen LogP contribution is 2.29. The van der Waals surface area contributed by atoms with Crippen LogP contribution in [0.25, 0.3) is 0 Å². The molecule has 1 aromatic heterocycles. The summed E-state index contributed by atoms with van der Waals surface area (Å²) in [7, 11) is 0. The van der Waals surface area contributed by atoms with Crippen LogP contribution in [-0.4, -0.2) is 15.3 Å². The Labute approximate surface area is 116 Å². The summed E-state index contributed by atoms with van der Waals surface area (Å²) in [6.07, 6.45) is 0. The Balaban J connectivity index is 2.23. The van der Waals surface area contributed by atoms with E-state index in [0.29, 0.717) is 11.3 Å². The summed E-state index contributed by atoms with van der Waals surface area (Å²) in [5.74, 6) is -0.523. The maximum atomic E-state index is 11.8. The van der Waals surface area contributed by atoms with Crippen molar-refractivity contribution in [2.75, 3.05) is 0 Å². The first-order chi connectivity index (χ1) is 8.99. The van der Waals surface area contributed by atoms with Gasteiger partial charge in [0.25, 0.3) is 5.69 Å². The minimum Gasteiger partial charge on any atom is -0.421 e. The van der Waals surface area contributed by atoms with Crippen molar-refractivity contribution in [1.29, 1.82) is 0 Å². The summed E-state index contributed by atoms with van der Waals surface area (Å²) in [4.78, 5) is 21.8. The van der Waals surface area contributed by atoms with Crippen LogP contribution >= 0.6 is 23.1 Å². The van der Waals surface area contributed by atoms with E-state index >= 15 is 0 Å². The van der Waals surface area contributed by atoms with Crippen LogP contribution in [-0.2, 0) is 0 Å². The molecule has 6 nitrogen and oxygen atoms in total. The Morgan fingerprint density at radius 3 is 2.79 bits per heavy atom. The quantitative estimate of drug-likeness (QED) is 0.376. The van der Waals surface area contributed by atoms with Crippen LogP contribution in [0.2, 0.25) is 5.02 Å². The second kappa shape index (κ2) is 5.33. The van der Waals surface area contributed by atoms with Gasteiger partial charge in [-0.2, -0.15) is 4.37 Å². The number of halogens is 1. The largest absolute Gasteiger partial charge is 0.421 e. The van der Waals surface area contributed by atoms with Gasteiger partial charge in [-0.25, -0.2) is 4.79 Å².